The molecule has 0 aliphatic carbocycles. The Morgan fingerprint density at radius 1 is 1.00 bits per heavy atom. The van der Waals surface area contributed by atoms with E-state index >= 15 is 0 Å². The van der Waals surface area contributed by atoms with E-state index < -0.39 is 0 Å². The van der Waals surface area contributed by atoms with Crippen molar-refractivity contribution in [1.82, 2.24) is 9.80 Å². The molecule has 1 rings (SSSR count). The number of hydrogen-bond acceptors (Lipinski definition) is 3. The summed E-state index contributed by atoms with van der Waals surface area (Å²) < 4.78 is 0. The van der Waals surface area contributed by atoms with Crippen molar-refractivity contribution in [3.8, 4) is 0 Å². The third kappa shape index (κ3) is 5.28. The molecule has 3 heteroatoms. The van der Waals surface area contributed by atoms with Gasteiger partial charge >= 0.3 is 0 Å². The number of hydrogen-bond donors (Lipinski definition) is 1. The zero-order valence-corrected chi connectivity index (χ0v) is 11.1. The molecule has 0 aromatic carbocycles. The Hall–Kier alpha value is -0.120. The van der Waals surface area contributed by atoms with E-state index in [9.17, 15) is 0 Å². The third-order valence-corrected chi connectivity index (χ3v) is 3.44. The van der Waals surface area contributed by atoms with Gasteiger partial charge in [-0.25, -0.2) is 0 Å². The summed E-state index contributed by atoms with van der Waals surface area (Å²) >= 11 is 0. The maximum atomic E-state index is 6.07. The highest BCUT2D eigenvalue weighted by atomic mass is 15.3. The van der Waals surface area contributed by atoms with Crippen LogP contribution in [-0.2, 0) is 0 Å². The molecule has 3 nitrogen and oxygen atoms in total. The number of unbranched alkanes of at least 4 members (excludes halogenated alkanes) is 1. The first kappa shape index (κ1) is 13.9. The molecule has 1 heterocycles. The second-order valence-electron chi connectivity index (χ2n) is 5.04. The van der Waals surface area contributed by atoms with E-state index in [1.54, 1.807) is 0 Å². The molecule has 2 N–H and O–H groups in total. The molecule has 1 aliphatic heterocycles. The van der Waals surface area contributed by atoms with Gasteiger partial charge in [0, 0.05) is 38.8 Å². The quantitative estimate of drug-likeness (QED) is 0.716. The van der Waals surface area contributed by atoms with Crippen LogP contribution in [0.3, 0.4) is 0 Å². The molecule has 1 atom stereocenters. The van der Waals surface area contributed by atoms with Gasteiger partial charge in [-0.2, -0.15) is 0 Å². The zero-order chi connectivity index (χ0) is 11.8. The van der Waals surface area contributed by atoms with Gasteiger partial charge in [0.1, 0.15) is 0 Å². The molecule has 1 fully saturated rings. The molecule has 1 saturated heterocycles. The van der Waals surface area contributed by atoms with Gasteiger partial charge in [0.25, 0.3) is 0 Å². The van der Waals surface area contributed by atoms with E-state index in [1.165, 1.54) is 52.0 Å². The van der Waals surface area contributed by atoms with Crippen LogP contribution >= 0.6 is 0 Å². The van der Waals surface area contributed by atoms with Crippen molar-refractivity contribution in [2.45, 2.75) is 45.6 Å². The summed E-state index contributed by atoms with van der Waals surface area (Å²) in [4.78, 5) is 5.12. The maximum Gasteiger partial charge on any atom is 0.0167 e. The lowest BCUT2D eigenvalue weighted by Gasteiger charge is -2.35. The lowest BCUT2D eigenvalue weighted by atomic mass is 10.1. The third-order valence-electron chi connectivity index (χ3n) is 3.44. The molecule has 1 aliphatic rings. The Kier molecular flexibility index (Phi) is 7.01. The van der Waals surface area contributed by atoms with E-state index in [1.807, 2.05) is 0 Å². The molecule has 0 radical (unpaired) electrons. The standard InChI is InChI=1S/C13H29N3/c1-3-5-7-15-8-10-16(11-9-15)12-13(14)6-4-2/h13H,3-12,14H2,1-2H3/t13-/m1/s1. The fourth-order valence-corrected chi connectivity index (χ4v) is 2.37. The Morgan fingerprint density at radius 3 is 2.19 bits per heavy atom. The summed E-state index contributed by atoms with van der Waals surface area (Å²) in [7, 11) is 0. The summed E-state index contributed by atoms with van der Waals surface area (Å²) in [5.41, 5.74) is 6.07. The summed E-state index contributed by atoms with van der Waals surface area (Å²) in [6.07, 6.45) is 5.02. The molecule has 0 spiro atoms. The van der Waals surface area contributed by atoms with Crippen LogP contribution in [0.5, 0.6) is 0 Å². The molecule has 0 unspecified atom stereocenters. The maximum absolute atomic E-state index is 6.07. The molecule has 0 saturated carbocycles. The molecule has 96 valence electrons. The van der Waals surface area contributed by atoms with Crippen molar-refractivity contribution in [1.29, 1.82) is 0 Å². The average Bonchev–Trinajstić information content (AvgIpc) is 2.28. The average molecular weight is 227 g/mol. The van der Waals surface area contributed by atoms with E-state index in [2.05, 4.69) is 23.6 Å². The first-order valence-electron chi connectivity index (χ1n) is 6.96. The lowest BCUT2D eigenvalue weighted by molar-refractivity contribution is 0.125. The minimum absolute atomic E-state index is 0.382. The normalized spacial score (nSPS) is 21.2. The number of nitrogens with zero attached hydrogens (tertiary/aromatic N) is 2. The van der Waals surface area contributed by atoms with Crippen LogP contribution in [0.2, 0.25) is 0 Å². The minimum Gasteiger partial charge on any atom is -0.327 e. The monoisotopic (exact) mass is 227 g/mol. The highest BCUT2D eigenvalue weighted by Gasteiger charge is 2.17. The van der Waals surface area contributed by atoms with Crippen molar-refractivity contribution in [3.05, 3.63) is 0 Å². The number of rotatable bonds is 7. The molecular formula is C13H29N3. The van der Waals surface area contributed by atoms with Gasteiger partial charge in [-0.05, 0) is 19.4 Å². The highest BCUT2D eigenvalue weighted by Crippen LogP contribution is 2.05. The summed E-state index contributed by atoms with van der Waals surface area (Å²) in [6.45, 7) is 11.7. The first-order chi connectivity index (χ1) is 7.76. The Balaban J connectivity index is 2.11. The fraction of sp³-hybridized carbons (Fsp3) is 1.00. The van der Waals surface area contributed by atoms with Crippen LogP contribution < -0.4 is 5.73 Å². The van der Waals surface area contributed by atoms with Gasteiger partial charge in [-0.15, -0.1) is 0 Å². The minimum atomic E-state index is 0.382. The van der Waals surface area contributed by atoms with E-state index in [0.717, 1.165) is 13.0 Å². The fourth-order valence-electron chi connectivity index (χ4n) is 2.37. The van der Waals surface area contributed by atoms with Gasteiger partial charge in [0.2, 0.25) is 0 Å². The zero-order valence-electron chi connectivity index (χ0n) is 11.1. The van der Waals surface area contributed by atoms with Crippen molar-refractivity contribution in [3.63, 3.8) is 0 Å². The van der Waals surface area contributed by atoms with Gasteiger partial charge in [-0.1, -0.05) is 26.7 Å². The van der Waals surface area contributed by atoms with E-state index in [0.29, 0.717) is 6.04 Å². The van der Waals surface area contributed by atoms with Gasteiger partial charge < -0.3 is 10.6 Å². The summed E-state index contributed by atoms with van der Waals surface area (Å²) in [5, 5.41) is 0. The Labute approximate surface area is 101 Å². The Bertz CT molecular complexity index is 165. The lowest BCUT2D eigenvalue weighted by Crippen LogP contribution is -2.49. The van der Waals surface area contributed by atoms with Crippen LogP contribution in [0, 0.1) is 0 Å². The smallest absolute Gasteiger partial charge is 0.0167 e. The van der Waals surface area contributed by atoms with Gasteiger partial charge in [0.15, 0.2) is 0 Å². The highest BCUT2D eigenvalue weighted by molar-refractivity contribution is 4.75. The topological polar surface area (TPSA) is 32.5 Å². The predicted octanol–water partition coefficient (Wildman–Crippen LogP) is 1.53. The van der Waals surface area contributed by atoms with Crippen LogP contribution in [0.15, 0.2) is 0 Å². The van der Waals surface area contributed by atoms with Crippen molar-refractivity contribution < 1.29 is 0 Å². The van der Waals surface area contributed by atoms with Crippen LogP contribution in [0.25, 0.3) is 0 Å². The SMILES string of the molecule is CCCCN1CCN(C[C@H](N)CCC)CC1. The summed E-state index contributed by atoms with van der Waals surface area (Å²) in [6, 6.07) is 0.382. The molecule has 0 amide bonds. The predicted molar refractivity (Wildman–Crippen MR) is 70.7 cm³/mol. The van der Waals surface area contributed by atoms with Crippen molar-refractivity contribution in [2.75, 3.05) is 39.3 Å². The number of nitrogens with two attached hydrogens (primary N) is 1. The molecule has 0 bridgehead atoms. The second kappa shape index (κ2) is 8.04. The van der Waals surface area contributed by atoms with Gasteiger partial charge in [-0.3, -0.25) is 4.90 Å². The molecular weight excluding hydrogens is 198 g/mol. The number of piperazine rings is 1. The van der Waals surface area contributed by atoms with Crippen LogP contribution in [-0.4, -0.2) is 55.1 Å². The first-order valence-corrected chi connectivity index (χ1v) is 6.96. The van der Waals surface area contributed by atoms with Crippen LogP contribution in [0.1, 0.15) is 39.5 Å². The van der Waals surface area contributed by atoms with Gasteiger partial charge in [0.05, 0.1) is 0 Å². The van der Waals surface area contributed by atoms with Crippen molar-refractivity contribution >= 4 is 0 Å². The summed E-state index contributed by atoms with van der Waals surface area (Å²) in [5.74, 6) is 0. The largest absolute Gasteiger partial charge is 0.327 e. The molecule has 0 aromatic rings. The molecule has 0 aromatic heterocycles. The van der Waals surface area contributed by atoms with Crippen LogP contribution in [0.4, 0.5) is 0 Å². The van der Waals surface area contributed by atoms with E-state index in [-0.39, 0.29) is 0 Å². The van der Waals surface area contributed by atoms with E-state index in [4.69, 9.17) is 5.73 Å². The second-order valence-corrected chi connectivity index (χ2v) is 5.04. The Morgan fingerprint density at radius 2 is 1.62 bits per heavy atom. The van der Waals surface area contributed by atoms with Crippen molar-refractivity contribution in [2.24, 2.45) is 5.73 Å². The molecule has 16 heavy (non-hydrogen) atoms.